The molecule has 1 fully saturated rings. The van der Waals surface area contributed by atoms with Crippen molar-refractivity contribution in [1.82, 2.24) is 20.0 Å². The molecule has 2 amide bonds. The second-order valence-electron chi connectivity index (χ2n) is 7.59. The van der Waals surface area contributed by atoms with Crippen molar-refractivity contribution in [2.45, 2.75) is 57.9 Å². The number of urea groups is 1. The summed E-state index contributed by atoms with van der Waals surface area (Å²) >= 11 is 0. The summed E-state index contributed by atoms with van der Waals surface area (Å²) in [6.45, 7) is 9.77. The topological polar surface area (TPSA) is 71.4 Å². The number of ether oxygens (including phenoxy) is 1. The second kappa shape index (κ2) is 6.49. The molecule has 0 bridgehead atoms. The quantitative estimate of drug-likeness (QED) is 0.868. The number of anilines is 1. The van der Waals surface area contributed by atoms with E-state index in [9.17, 15) is 4.79 Å². The average molecular weight is 323 g/mol. The number of aromatic nitrogens is 2. The first kappa shape index (κ1) is 17.7. The monoisotopic (exact) mass is 323 g/mol. The number of likely N-dealkylation sites (N-methyl/N-ethyl adjacent to an activating group) is 1. The van der Waals surface area contributed by atoms with Gasteiger partial charge < -0.3 is 15.0 Å². The second-order valence-corrected chi connectivity index (χ2v) is 7.59. The van der Waals surface area contributed by atoms with E-state index >= 15 is 0 Å². The van der Waals surface area contributed by atoms with E-state index in [1.807, 2.05) is 52.7 Å². The minimum Gasteiger partial charge on any atom is -0.367 e. The zero-order valence-corrected chi connectivity index (χ0v) is 15.0. The van der Waals surface area contributed by atoms with E-state index in [1.165, 1.54) is 0 Å². The molecule has 0 aromatic carbocycles. The van der Waals surface area contributed by atoms with Crippen LogP contribution in [-0.2, 0) is 11.3 Å². The molecular formula is C16H29N5O2. The van der Waals surface area contributed by atoms with Crippen LogP contribution in [0.2, 0.25) is 0 Å². The Morgan fingerprint density at radius 2 is 2.13 bits per heavy atom. The highest BCUT2D eigenvalue weighted by molar-refractivity contribution is 5.88. The molecule has 2 rings (SSSR count). The Morgan fingerprint density at radius 1 is 1.43 bits per heavy atom. The molecule has 1 atom stereocenters. The van der Waals surface area contributed by atoms with Crippen LogP contribution < -0.4 is 10.6 Å². The van der Waals surface area contributed by atoms with Crippen molar-refractivity contribution in [3.63, 3.8) is 0 Å². The lowest BCUT2D eigenvalue weighted by molar-refractivity contribution is -0.0689. The molecule has 1 aliphatic heterocycles. The van der Waals surface area contributed by atoms with Crippen LogP contribution in [-0.4, -0.2) is 58.6 Å². The third kappa shape index (κ3) is 4.94. The van der Waals surface area contributed by atoms with Crippen LogP contribution in [0.4, 0.5) is 10.6 Å². The molecule has 1 aromatic heterocycles. The largest absolute Gasteiger partial charge is 0.367 e. The summed E-state index contributed by atoms with van der Waals surface area (Å²) in [4.78, 5) is 14.3. The minimum absolute atomic E-state index is 0.0340. The van der Waals surface area contributed by atoms with Crippen LogP contribution in [0.1, 0.15) is 34.1 Å². The van der Waals surface area contributed by atoms with Crippen molar-refractivity contribution >= 4 is 11.8 Å². The van der Waals surface area contributed by atoms with E-state index in [1.54, 1.807) is 6.07 Å². The average Bonchev–Trinajstić information content (AvgIpc) is 2.88. The van der Waals surface area contributed by atoms with Crippen molar-refractivity contribution < 1.29 is 9.53 Å². The van der Waals surface area contributed by atoms with Gasteiger partial charge in [-0.05, 0) is 48.2 Å². The Hall–Kier alpha value is -1.60. The third-order valence-electron chi connectivity index (χ3n) is 4.04. The molecule has 0 unspecified atom stereocenters. The molecule has 130 valence electrons. The third-order valence-corrected chi connectivity index (χ3v) is 4.04. The molecule has 2 N–H and O–H groups in total. The lowest BCUT2D eigenvalue weighted by atomic mass is 9.95. The molecule has 2 heterocycles. The van der Waals surface area contributed by atoms with Crippen molar-refractivity contribution in [1.29, 1.82) is 0 Å². The predicted molar refractivity (Wildman–Crippen MR) is 90.6 cm³/mol. The van der Waals surface area contributed by atoms with Gasteiger partial charge in [-0.1, -0.05) is 0 Å². The highest BCUT2D eigenvalue weighted by Gasteiger charge is 2.46. The SMILES string of the molecule is CN(C)CCn1ccc(NC(=O)N[C@@H]2CC(C)(C)OC2(C)C)n1. The number of hydrogen-bond donors (Lipinski definition) is 2. The van der Waals surface area contributed by atoms with Gasteiger partial charge in [0.2, 0.25) is 0 Å². The van der Waals surface area contributed by atoms with Crippen LogP contribution in [0.25, 0.3) is 0 Å². The Labute approximate surface area is 138 Å². The number of hydrogen-bond acceptors (Lipinski definition) is 4. The molecule has 7 nitrogen and oxygen atoms in total. The lowest BCUT2D eigenvalue weighted by Crippen LogP contribution is -2.47. The van der Waals surface area contributed by atoms with E-state index in [2.05, 4.69) is 20.6 Å². The molecule has 1 saturated heterocycles. The molecule has 1 aromatic rings. The number of nitrogens with zero attached hydrogens (tertiary/aromatic N) is 3. The fraction of sp³-hybridized carbons (Fsp3) is 0.750. The first-order valence-electron chi connectivity index (χ1n) is 8.03. The molecule has 1 aliphatic rings. The number of carbonyl (C=O) groups excluding carboxylic acids is 1. The van der Waals surface area contributed by atoms with Crippen LogP contribution in [0.3, 0.4) is 0 Å². The van der Waals surface area contributed by atoms with Gasteiger partial charge >= 0.3 is 6.03 Å². The summed E-state index contributed by atoms with van der Waals surface area (Å²) < 4.78 is 7.81. The Bertz CT molecular complexity index is 550. The van der Waals surface area contributed by atoms with Gasteiger partial charge in [0.15, 0.2) is 5.82 Å². The van der Waals surface area contributed by atoms with Crippen LogP contribution in [0.15, 0.2) is 12.3 Å². The maximum atomic E-state index is 12.2. The fourth-order valence-electron chi connectivity index (χ4n) is 2.95. The normalized spacial score (nSPS) is 22.3. The van der Waals surface area contributed by atoms with Crippen molar-refractivity contribution in [2.75, 3.05) is 26.0 Å². The van der Waals surface area contributed by atoms with Gasteiger partial charge in [0, 0.05) is 18.8 Å². The lowest BCUT2D eigenvalue weighted by Gasteiger charge is -2.27. The Kier molecular flexibility index (Phi) is 5.01. The molecule has 0 aliphatic carbocycles. The molecule has 7 heteroatoms. The van der Waals surface area contributed by atoms with Crippen LogP contribution in [0.5, 0.6) is 0 Å². The van der Waals surface area contributed by atoms with E-state index in [-0.39, 0.29) is 23.3 Å². The van der Waals surface area contributed by atoms with Gasteiger partial charge in [-0.2, -0.15) is 5.10 Å². The van der Waals surface area contributed by atoms with Gasteiger partial charge in [0.1, 0.15) is 0 Å². The molecule has 0 radical (unpaired) electrons. The number of nitrogens with one attached hydrogen (secondary N) is 2. The van der Waals surface area contributed by atoms with E-state index < -0.39 is 0 Å². The molecule has 0 spiro atoms. The summed E-state index contributed by atoms with van der Waals surface area (Å²) in [5.74, 6) is 0.553. The highest BCUT2D eigenvalue weighted by Crippen LogP contribution is 2.37. The van der Waals surface area contributed by atoms with Gasteiger partial charge in [-0.15, -0.1) is 0 Å². The first-order valence-corrected chi connectivity index (χ1v) is 8.03. The summed E-state index contributed by atoms with van der Waals surface area (Å²) in [6, 6.07) is 1.52. The van der Waals surface area contributed by atoms with Gasteiger partial charge in [0.05, 0.1) is 23.8 Å². The maximum absolute atomic E-state index is 12.2. The van der Waals surface area contributed by atoms with Crippen LogP contribution in [0, 0.1) is 0 Å². The van der Waals surface area contributed by atoms with Crippen molar-refractivity contribution in [2.24, 2.45) is 0 Å². The number of carbonyl (C=O) groups is 1. The number of amides is 2. The van der Waals surface area contributed by atoms with Crippen LogP contribution >= 0.6 is 0 Å². The summed E-state index contributed by atoms with van der Waals surface area (Å²) in [7, 11) is 4.03. The van der Waals surface area contributed by atoms with Gasteiger partial charge in [-0.3, -0.25) is 10.00 Å². The summed E-state index contributed by atoms with van der Waals surface area (Å²) in [6.07, 6.45) is 2.65. The summed E-state index contributed by atoms with van der Waals surface area (Å²) in [5, 5.41) is 10.1. The predicted octanol–water partition coefficient (Wildman–Crippen LogP) is 1.91. The zero-order chi connectivity index (χ0) is 17.3. The maximum Gasteiger partial charge on any atom is 0.320 e. The van der Waals surface area contributed by atoms with E-state index in [0.29, 0.717) is 5.82 Å². The standard InChI is InChI=1S/C16H29N5O2/c1-15(2)11-12(16(3,4)23-15)17-14(22)18-13-7-8-21(19-13)10-9-20(5)6/h7-8,12H,9-11H2,1-6H3,(H2,17,18,19,22)/t12-/m1/s1. The minimum atomic E-state index is -0.383. The molecule has 0 saturated carbocycles. The van der Waals surface area contributed by atoms with Gasteiger partial charge in [-0.25, -0.2) is 4.79 Å². The summed E-state index contributed by atoms with van der Waals surface area (Å²) in [5.41, 5.74) is -0.610. The van der Waals surface area contributed by atoms with Crippen molar-refractivity contribution in [3.05, 3.63) is 12.3 Å². The fourth-order valence-corrected chi connectivity index (χ4v) is 2.95. The van der Waals surface area contributed by atoms with Gasteiger partial charge in [0.25, 0.3) is 0 Å². The molecule has 23 heavy (non-hydrogen) atoms. The first-order chi connectivity index (χ1) is 10.6. The Morgan fingerprint density at radius 3 is 2.70 bits per heavy atom. The van der Waals surface area contributed by atoms with E-state index in [4.69, 9.17) is 4.74 Å². The Balaban J connectivity index is 1.88. The van der Waals surface area contributed by atoms with E-state index in [0.717, 1.165) is 19.5 Å². The highest BCUT2D eigenvalue weighted by atomic mass is 16.5. The van der Waals surface area contributed by atoms with Crippen molar-refractivity contribution in [3.8, 4) is 0 Å². The number of rotatable bonds is 5. The zero-order valence-electron chi connectivity index (χ0n) is 15.0. The molecular weight excluding hydrogens is 294 g/mol. The smallest absolute Gasteiger partial charge is 0.320 e.